The summed E-state index contributed by atoms with van der Waals surface area (Å²) in [6, 6.07) is 7.50. The Bertz CT molecular complexity index is 831. The Morgan fingerprint density at radius 1 is 1.15 bits per heavy atom. The van der Waals surface area contributed by atoms with Crippen LogP contribution in [0.3, 0.4) is 0 Å². The van der Waals surface area contributed by atoms with Gasteiger partial charge in [-0.2, -0.15) is 0 Å². The Labute approximate surface area is 159 Å². The molecule has 0 radical (unpaired) electrons. The maximum atomic E-state index is 11.9. The number of aryl methyl sites for hydroxylation is 1. The molecule has 1 amide bonds. The average molecular weight is 395 g/mol. The van der Waals surface area contributed by atoms with E-state index in [9.17, 15) is 13.2 Å². The van der Waals surface area contributed by atoms with Gasteiger partial charge in [-0.25, -0.2) is 8.42 Å². The van der Waals surface area contributed by atoms with Crippen LogP contribution in [-0.2, 0) is 27.5 Å². The van der Waals surface area contributed by atoms with Crippen molar-refractivity contribution in [1.29, 1.82) is 0 Å². The van der Waals surface area contributed by atoms with Gasteiger partial charge in [0, 0.05) is 19.2 Å². The molecule has 0 saturated carbocycles. The van der Waals surface area contributed by atoms with Crippen molar-refractivity contribution in [1.82, 2.24) is 15.5 Å². The van der Waals surface area contributed by atoms with E-state index in [0.29, 0.717) is 31.9 Å². The van der Waals surface area contributed by atoms with E-state index in [1.807, 2.05) is 31.2 Å². The summed E-state index contributed by atoms with van der Waals surface area (Å²) in [5.74, 6) is 1.09. The zero-order valence-electron chi connectivity index (χ0n) is 15.6. The number of rotatable bonds is 11. The number of nitrogens with zero attached hydrogens (tertiary/aromatic N) is 2. The summed E-state index contributed by atoms with van der Waals surface area (Å²) in [5.41, 5.74) is 0.939. The Hall–Kier alpha value is -2.42. The molecule has 1 aromatic carbocycles. The van der Waals surface area contributed by atoms with Crippen LogP contribution in [0.5, 0.6) is 5.75 Å². The quantitative estimate of drug-likeness (QED) is 0.579. The smallest absolute Gasteiger partial charge is 0.335 e. The van der Waals surface area contributed by atoms with Crippen molar-refractivity contribution < 1.29 is 22.4 Å². The predicted octanol–water partition coefficient (Wildman–Crippen LogP) is 1.94. The molecular formula is C18H25N3O5S. The normalized spacial score (nSPS) is 11.3. The second-order valence-corrected chi connectivity index (χ2v) is 8.04. The minimum atomic E-state index is -3.46. The van der Waals surface area contributed by atoms with Gasteiger partial charge in [0.1, 0.15) is 5.75 Å². The monoisotopic (exact) mass is 395 g/mol. The van der Waals surface area contributed by atoms with Crippen LogP contribution >= 0.6 is 0 Å². The van der Waals surface area contributed by atoms with Gasteiger partial charge in [-0.3, -0.25) is 4.79 Å². The Kier molecular flexibility index (Phi) is 7.78. The molecule has 1 aromatic heterocycles. The lowest BCUT2D eigenvalue weighted by molar-refractivity contribution is -0.120. The number of amides is 1. The van der Waals surface area contributed by atoms with E-state index in [2.05, 4.69) is 15.5 Å². The van der Waals surface area contributed by atoms with E-state index in [0.717, 1.165) is 36.8 Å². The number of carbonyl (C=O) groups is 1. The molecule has 0 atom stereocenters. The third-order valence-corrected chi connectivity index (χ3v) is 4.55. The van der Waals surface area contributed by atoms with Gasteiger partial charge in [0.25, 0.3) is 0 Å². The number of nitrogens with one attached hydrogen (secondary N) is 1. The summed E-state index contributed by atoms with van der Waals surface area (Å²) in [5, 5.41) is 9.78. The van der Waals surface area contributed by atoms with Crippen LogP contribution in [0, 0.1) is 0 Å². The standard InChI is InChI=1S/C18H25N3O5S/c1-3-25-15-10-8-14(9-11-15)13-16(22)19-12-6-4-5-7-17-20-21-18(26-17)27(2,23)24/h8-11H,3-7,12-13H2,1-2H3,(H,19,22). The van der Waals surface area contributed by atoms with Gasteiger partial charge in [0.15, 0.2) is 0 Å². The molecule has 0 aliphatic carbocycles. The number of hydrogen-bond donors (Lipinski definition) is 1. The van der Waals surface area contributed by atoms with Gasteiger partial charge < -0.3 is 14.5 Å². The molecule has 0 unspecified atom stereocenters. The molecule has 148 valence electrons. The van der Waals surface area contributed by atoms with Gasteiger partial charge in [0.05, 0.1) is 13.0 Å². The van der Waals surface area contributed by atoms with E-state index in [-0.39, 0.29) is 11.1 Å². The topological polar surface area (TPSA) is 111 Å². The summed E-state index contributed by atoms with van der Waals surface area (Å²) in [7, 11) is -3.46. The first-order chi connectivity index (χ1) is 12.9. The molecule has 0 bridgehead atoms. The number of carbonyl (C=O) groups excluding carboxylic acids is 1. The summed E-state index contributed by atoms with van der Waals surface area (Å²) >= 11 is 0. The highest BCUT2D eigenvalue weighted by Gasteiger charge is 2.16. The maximum Gasteiger partial charge on any atom is 0.335 e. The molecule has 0 saturated heterocycles. The maximum absolute atomic E-state index is 11.9. The number of sulfone groups is 1. The number of unbranched alkanes of at least 4 members (excludes halogenated alkanes) is 2. The lowest BCUT2D eigenvalue weighted by atomic mass is 10.1. The molecule has 2 aromatic rings. The number of aromatic nitrogens is 2. The fourth-order valence-corrected chi connectivity index (χ4v) is 2.85. The third kappa shape index (κ3) is 7.38. The zero-order valence-corrected chi connectivity index (χ0v) is 16.4. The first-order valence-electron chi connectivity index (χ1n) is 8.89. The fraction of sp³-hybridized carbons (Fsp3) is 0.500. The van der Waals surface area contributed by atoms with Crippen molar-refractivity contribution in [2.75, 3.05) is 19.4 Å². The van der Waals surface area contributed by atoms with Crippen LogP contribution in [0.15, 0.2) is 33.9 Å². The molecule has 8 nitrogen and oxygen atoms in total. The molecule has 0 spiro atoms. The summed E-state index contributed by atoms with van der Waals surface area (Å²) in [6.45, 7) is 3.13. The van der Waals surface area contributed by atoms with Crippen molar-refractivity contribution in [2.45, 2.75) is 44.3 Å². The first-order valence-corrected chi connectivity index (χ1v) is 10.8. The number of ether oxygens (including phenoxy) is 1. The zero-order chi connectivity index (χ0) is 19.7. The Morgan fingerprint density at radius 2 is 1.89 bits per heavy atom. The number of benzene rings is 1. The largest absolute Gasteiger partial charge is 0.494 e. The minimum absolute atomic E-state index is 0.0196. The van der Waals surface area contributed by atoms with Gasteiger partial charge in [-0.05, 0) is 37.5 Å². The number of hydrogen-bond acceptors (Lipinski definition) is 7. The summed E-state index contributed by atoms with van der Waals surface area (Å²) < 4.78 is 33.0. The molecular weight excluding hydrogens is 370 g/mol. The lowest BCUT2D eigenvalue weighted by Gasteiger charge is -2.06. The van der Waals surface area contributed by atoms with E-state index in [4.69, 9.17) is 9.15 Å². The van der Waals surface area contributed by atoms with Crippen LogP contribution in [0.2, 0.25) is 0 Å². The van der Waals surface area contributed by atoms with Crippen LogP contribution in [0.1, 0.15) is 37.6 Å². The van der Waals surface area contributed by atoms with Gasteiger partial charge >= 0.3 is 5.22 Å². The predicted molar refractivity (Wildman–Crippen MR) is 99.3 cm³/mol. The van der Waals surface area contributed by atoms with Gasteiger partial charge in [-0.1, -0.05) is 23.7 Å². The molecule has 0 fully saturated rings. The van der Waals surface area contributed by atoms with Crippen molar-refractivity contribution in [3.8, 4) is 5.75 Å². The third-order valence-electron chi connectivity index (χ3n) is 3.75. The molecule has 1 N–H and O–H groups in total. The highest BCUT2D eigenvalue weighted by molar-refractivity contribution is 7.90. The average Bonchev–Trinajstić information content (AvgIpc) is 3.09. The van der Waals surface area contributed by atoms with Gasteiger partial charge in [-0.15, -0.1) is 5.10 Å². The highest BCUT2D eigenvalue weighted by Crippen LogP contribution is 2.12. The Balaban J connectivity index is 1.59. The van der Waals surface area contributed by atoms with Gasteiger partial charge in [0.2, 0.25) is 21.6 Å². The molecule has 0 aliphatic rings. The molecule has 1 heterocycles. The van der Waals surface area contributed by atoms with E-state index < -0.39 is 9.84 Å². The van der Waals surface area contributed by atoms with Crippen LogP contribution in [-0.4, -0.2) is 43.9 Å². The molecule has 0 aliphatic heterocycles. The van der Waals surface area contributed by atoms with Crippen molar-refractivity contribution in [3.63, 3.8) is 0 Å². The highest BCUT2D eigenvalue weighted by atomic mass is 32.2. The van der Waals surface area contributed by atoms with Crippen molar-refractivity contribution in [2.24, 2.45) is 0 Å². The summed E-state index contributed by atoms with van der Waals surface area (Å²) in [6.07, 6.45) is 4.34. The van der Waals surface area contributed by atoms with Crippen molar-refractivity contribution >= 4 is 15.7 Å². The SMILES string of the molecule is CCOc1ccc(CC(=O)NCCCCCc2nnc(S(C)(=O)=O)o2)cc1. The Morgan fingerprint density at radius 3 is 2.52 bits per heavy atom. The van der Waals surface area contributed by atoms with Crippen LogP contribution in [0.4, 0.5) is 0 Å². The van der Waals surface area contributed by atoms with E-state index in [1.54, 1.807) is 0 Å². The fourth-order valence-electron chi connectivity index (χ4n) is 2.41. The first kappa shape index (κ1) is 20.9. The van der Waals surface area contributed by atoms with Crippen molar-refractivity contribution in [3.05, 3.63) is 35.7 Å². The summed E-state index contributed by atoms with van der Waals surface area (Å²) in [4.78, 5) is 11.9. The van der Waals surface area contributed by atoms with E-state index >= 15 is 0 Å². The van der Waals surface area contributed by atoms with E-state index in [1.165, 1.54) is 0 Å². The molecule has 27 heavy (non-hydrogen) atoms. The van der Waals surface area contributed by atoms with Crippen LogP contribution < -0.4 is 10.1 Å². The molecule has 9 heteroatoms. The minimum Gasteiger partial charge on any atom is -0.494 e. The second kappa shape index (κ2) is 10.1. The second-order valence-electron chi connectivity index (χ2n) is 6.15. The molecule has 2 rings (SSSR count). The van der Waals surface area contributed by atoms with Crippen LogP contribution in [0.25, 0.3) is 0 Å². The lowest BCUT2D eigenvalue weighted by Crippen LogP contribution is -2.26.